The summed E-state index contributed by atoms with van der Waals surface area (Å²) in [5, 5.41) is 13.3. The van der Waals surface area contributed by atoms with Crippen LogP contribution < -0.4 is 0 Å². The Labute approximate surface area is 239 Å². The topological polar surface area (TPSA) is 0 Å². The third-order valence-electron chi connectivity index (χ3n) is 9.57. The molecule has 8 aromatic carbocycles. The molecule has 0 atom stereocenters. The quantitative estimate of drug-likeness (QED) is 0.189. The van der Waals surface area contributed by atoms with E-state index >= 15 is 0 Å². The third kappa shape index (κ3) is 3.00. The van der Waals surface area contributed by atoms with E-state index in [0.29, 0.717) is 0 Å². The first-order valence-electron chi connectivity index (χ1n) is 14.5. The molecule has 0 heteroatoms. The lowest BCUT2D eigenvalue weighted by molar-refractivity contribution is 0.667. The van der Waals surface area contributed by atoms with Crippen molar-refractivity contribution in [3.8, 4) is 22.3 Å². The van der Waals surface area contributed by atoms with Gasteiger partial charge < -0.3 is 0 Å². The highest BCUT2D eigenvalue weighted by Crippen LogP contribution is 2.56. The molecule has 1 aliphatic carbocycles. The minimum absolute atomic E-state index is 0.101. The minimum atomic E-state index is -0.101. The zero-order chi connectivity index (χ0) is 27.3. The fourth-order valence-electron chi connectivity index (χ4n) is 7.74. The Morgan fingerprint density at radius 2 is 1.00 bits per heavy atom. The lowest BCUT2D eigenvalue weighted by Gasteiger charge is -2.26. The van der Waals surface area contributed by atoms with Gasteiger partial charge >= 0.3 is 0 Å². The van der Waals surface area contributed by atoms with Gasteiger partial charge in [-0.1, -0.05) is 135 Å². The smallest absolute Gasteiger partial charge is 0.0165 e. The van der Waals surface area contributed by atoms with Crippen LogP contribution in [0.1, 0.15) is 25.0 Å². The van der Waals surface area contributed by atoms with Crippen LogP contribution in [0.2, 0.25) is 0 Å². The Kier molecular flexibility index (Phi) is 4.49. The number of hydrogen-bond acceptors (Lipinski definition) is 0. The molecule has 0 heterocycles. The van der Waals surface area contributed by atoms with Gasteiger partial charge in [0.15, 0.2) is 0 Å². The van der Waals surface area contributed by atoms with E-state index in [-0.39, 0.29) is 5.41 Å². The molecule has 0 saturated heterocycles. The van der Waals surface area contributed by atoms with Gasteiger partial charge in [0.05, 0.1) is 0 Å². The molecule has 0 fully saturated rings. The maximum absolute atomic E-state index is 2.42. The highest BCUT2D eigenvalue weighted by Gasteiger charge is 2.39. The molecule has 0 spiro atoms. The monoisotopic (exact) mass is 520 g/mol. The van der Waals surface area contributed by atoms with Crippen molar-refractivity contribution in [1.29, 1.82) is 0 Å². The van der Waals surface area contributed by atoms with Gasteiger partial charge in [-0.3, -0.25) is 0 Å². The molecule has 0 saturated carbocycles. The first-order chi connectivity index (χ1) is 20.1. The van der Waals surface area contributed by atoms with E-state index in [4.69, 9.17) is 0 Å². The van der Waals surface area contributed by atoms with Gasteiger partial charge in [-0.25, -0.2) is 0 Å². The van der Waals surface area contributed by atoms with Gasteiger partial charge in [-0.15, -0.1) is 0 Å². The van der Waals surface area contributed by atoms with Crippen LogP contribution >= 0.6 is 0 Å². The third-order valence-corrected chi connectivity index (χ3v) is 9.57. The molecule has 0 aliphatic heterocycles. The molecule has 0 aromatic heterocycles. The van der Waals surface area contributed by atoms with Crippen LogP contribution in [0.15, 0.2) is 133 Å². The van der Waals surface area contributed by atoms with Crippen LogP contribution in [0.25, 0.3) is 76.1 Å². The van der Waals surface area contributed by atoms with Gasteiger partial charge in [-0.05, 0) is 99.4 Å². The van der Waals surface area contributed by atoms with Crippen molar-refractivity contribution >= 4 is 53.9 Å². The molecule has 0 N–H and O–H groups in total. The summed E-state index contributed by atoms with van der Waals surface area (Å²) in [4.78, 5) is 0. The fourth-order valence-corrected chi connectivity index (χ4v) is 7.74. The number of fused-ring (bicyclic) bond motifs is 14. The molecular weight excluding hydrogens is 492 g/mol. The lowest BCUT2D eigenvalue weighted by atomic mass is 9.77. The second-order valence-electron chi connectivity index (χ2n) is 12.1. The molecule has 0 amide bonds. The Morgan fingerprint density at radius 3 is 1.83 bits per heavy atom. The fraction of sp³-hybridized carbons (Fsp3) is 0.0732. The Balaban J connectivity index is 1.47. The van der Waals surface area contributed by atoms with Crippen LogP contribution in [0.4, 0.5) is 0 Å². The van der Waals surface area contributed by atoms with E-state index in [0.717, 1.165) is 0 Å². The zero-order valence-corrected chi connectivity index (χ0v) is 23.2. The van der Waals surface area contributed by atoms with Crippen molar-refractivity contribution < 1.29 is 0 Å². The van der Waals surface area contributed by atoms with Gasteiger partial charge in [-0.2, -0.15) is 0 Å². The zero-order valence-electron chi connectivity index (χ0n) is 23.2. The highest BCUT2D eigenvalue weighted by atomic mass is 14.4. The van der Waals surface area contributed by atoms with Gasteiger partial charge in [0.25, 0.3) is 0 Å². The standard InChI is InChI=1S/C41H28/c1-41(2)36-18-10-9-17-34(36)38-32-16-8-7-15-31(32)37-33-22-21-28(27-20-19-25-11-3-4-12-26(25)23-27)24-35(33)29-13-5-6-14-30(29)39(37)40(38)41/h3-24H,1-2H3. The van der Waals surface area contributed by atoms with Crippen LogP contribution in [0.5, 0.6) is 0 Å². The predicted molar refractivity (Wildman–Crippen MR) is 177 cm³/mol. The van der Waals surface area contributed by atoms with E-state index in [1.54, 1.807) is 0 Å². The van der Waals surface area contributed by atoms with Crippen molar-refractivity contribution in [3.63, 3.8) is 0 Å². The normalized spacial score (nSPS) is 13.8. The van der Waals surface area contributed by atoms with Crippen molar-refractivity contribution in [1.82, 2.24) is 0 Å². The summed E-state index contributed by atoms with van der Waals surface area (Å²) in [6.07, 6.45) is 0. The minimum Gasteiger partial charge on any atom is -0.0619 e. The Bertz CT molecular complexity index is 2390. The van der Waals surface area contributed by atoms with E-state index in [2.05, 4.69) is 147 Å². The largest absolute Gasteiger partial charge is 0.0619 e. The van der Waals surface area contributed by atoms with Gasteiger partial charge in [0.2, 0.25) is 0 Å². The summed E-state index contributed by atoms with van der Waals surface area (Å²) in [5.74, 6) is 0. The Morgan fingerprint density at radius 1 is 0.415 bits per heavy atom. The SMILES string of the molecule is CC1(C)c2ccccc2-c2c1c1c3ccccc3c3cc(-c4ccc5ccccc5c4)ccc3c1c1ccccc21. The molecule has 0 radical (unpaired) electrons. The molecule has 8 aromatic rings. The summed E-state index contributed by atoms with van der Waals surface area (Å²) < 4.78 is 0. The van der Waals surface area contributed by atoms with E-state index in [1.807, 2.05) is 0 Å². The van der Waals surface area contributed by atoms with Crippen LogP contribution in [0.3, 0.4) is 0 Å². The first-order valence-corrected chi connectivity index (χ1v) is 14.5. The molecule has 41 heavy (non-hydrogen) atoms. The van der Waals surface area contributed by atoms with Crippen molar-refractivity contribution in [2.45, 2.75) is 19.3 Å². The van der Waals surface area contributed by atoms with Crippen molar-refractivity contribution in [2.75, 3.05) is 0 Å². The van der Waals surface area contributed by atoms with Gasteiger partial charge in [0, 0.05) is 5.41 Å². The molecule has 192 valence electrons. The number of hydrogen-bond donors (Lipinski definition) is 0. The van der Waals surface area contributed by atoms with Crippen molar-refractivity contribution in [3.05, 3.63) is 145 Å². The molecule has 0 unspecified atom stereocenters. The lowest BCUT2D eigenvalue weighted by Crippen LogP contribution is -2.15. The molecule has 0 nitrogen and oxygen atoms in total. The first kappa shape index (κ1) is 22.8. The second kappa shape index (κ2) is 8.05. The summed E-state index contributed by atoms with van der Waals surface area (Å²) in [6.45, 7) is 4.82. The van der Waals surface area contributed by atoms with E-state index < -0.39 is 0 Å². The summed E-state index contributed by atoms with van der Waals surface area (Å²) >= 11 is 0. The van der Waals surface area contributed by atoms with Crippen LogP contribution in [-0.2, 0) is 5.41 Å². The van der Waals surface area contributed by atoms with Crippen LogP contribution in [0, 0.1) is 0 Å². The molecule has 9 rings (SSSR count). The second-order valence-corrected chi connectivity index (χ2v) is 12.1. The summed E-state index contributed by atoms with van der Waals surface area (Å²) in [7, 11) is 0. The Hall–Kier alpha value is -4.94. The van der Waals surface area contributed by atoms with Crippen LogP contribution in [-0.4, -0.2) is 0 Å². The predicted octanol–water partition coefficient (Wildman–Crippen LogP) is 11.4. The average molecular weight is 521 g/mol. The van der Waals surface area contributed by atoms with Crippen molar-refractivity contribution in [2.24, 2.45) is 0 Å². The van der Waals surface area contributed by atoms with E-state index in [1.165, 1.54) is 87.2 Å². The molecule has 1 aliphatic rings. The van der Waals surface area contributed by atoms with E-state index in [9.17, 15) is 0 Å². The van der Waals surface area contributed by atoms with Gasteiger partial charge in [0.1, 0.15) is 0 Å². The number of rotatable bonds is 1. The molecule has 0 bridgehead atoms. The summed E-state index contributed by atoms with van der Waals surface area (Å²) in [5.41, 5.74) is 8.08. The molecular formula is C41H28. The average Bonchev–Trinajstić information content (AvgIpc) is 3.27. The highest BCUT2D eigenvalue weighted by molar-refractivity contribution is 6.35. The summed E-state index contributed by atoms with van der Waals surface area (Å²) in [6, 6.07) is 49.7. The maximum atomic E-state index is 2.42. The maximum Gasteiger partial charge on any atom is 0.0165 e. The number of benzene rings is 8.